The number of methoxy groups -OCH3 is 1. The molecule has 0 aliphatic carbocycles. The molecule has 0 saturated heterocycles. The number of rotatable bonds is 8. The summed E-state index contributed by atoms with van der Waals surface area (Å²) in [5.74, 6) is -0.467. The molecule has 0 spiro atoms. The molecular formula is C31H21Cl3F3IN2O5S. The van der Waals surface area contributed by atoms with Gasteiger partial charge in [-0.15, -0.1) is 0 Å². The summed E-state index contributed by atoms with van der Waals surface area (Å²) in [4.78, 5) is 30.4. The smallest absolute Gasteiger partial charge is 0.434 e. The number of thiazole rings is 1. The van der Waals surface area contributed by atoms with Crippen molar-refractivity contribution < 1.29 is 32.2 Å². The second-order valence-corrected chi connectivity index (χ2v) is 13.1. The number of fused-ring (bicyclic) bond motifs is 1. The monoisotopic (exact) mass is 822 g/mol. The molecule has 0 unspecified atom stereocenters. The SMILES string of the molecule is CCOC(=O)C1=C(C(F)(F)F)N=c2s/c(=C\c3cc(I)c(OCc4ccc(Cl)cc4Cl)c(OC)c3)c(=O)n2[C@@H]1c1ccc(Cl)cc1. The normalized spacial score (nSPS) is 15.0. The average molecular weight is 824 g/mol. The van der Waals surface area contributed by atoms with Crippen LogP contribution in [0.2, 0.25) is 15.1 Å². The molecule has 1 aliphatic heterocycles. The van der Waals surface area contributed by atoms with Crippen molar-refractivity contribution in [2.75, 3.05) is 13.7 Å². The van der Waals surface area contributed by atoms with Crippen LogP contribution in [0.3, 0.4) is 0 Å². The highest BCUT2D eigenvalue weighted by Gasteiger charge is 2.45. The van der Waals surface area contributed by atoms with Crippen LogP contribution in [0.25, 0.3) is 6.08 Å². The topological polar surface area (TPSA) is 79.1 Å². The lowest BCUT2D eigenvalue weighted by molar-refractivity contribution is -0.140. The van der Waals surface area contributed by atoms with E-state index in [-0.39, 0.29) is 28.1 Å². The van der Waals surface area contributed by atoms with E-state index in [1.165, 1.54) is 44.4 Å². The Morgan fingerprint density at radius 1 is 1.09 bits per heavy atom. The molecular weight excluding hydrogens is 803 g/mol. The van der Waals surface area contributed by atoms with Gasteiger partial charge in [0, 0.05) is 20.6 Å². The zero-order valence-corrected chi connectivity index (χ0v) is 29.0. The summed E-state index contributed by atoms with van der Waals surface area (Å²) in [5.41, 5.74) is -1.46. The minimum absolute atomic E-state index is 0.0730. The number of esters is 1. The van der Waals surface area contributed by atoms with Gasteiger partial charge in [-0.3, -0.25) is 9.36 Å². The van der Waals surface area contributed by atoms with Gasteiger partial charge in [0.1, 0.15) is 6.61 Å². The van der Waals surface area contributed by atoms with E-state index in [2.05, 4.69) is 27.6 Å². The lowest BCUT2D eigenvalue weighted by Gasteiger charge is -2.26. The maximum Gasteiger partial charge on any atom is 0.434 e. The maximum atomic E-state index is 14.4. The molecule has 7 nitrogen and oxygen atoms in total. The summed E-state index contributed by atoms with van der Waals surface area (Å²) in [6.07, 6.45) is -3.51. The number of hydrogen-bond acceptors (Lipinski definition) is 7. The minimum Gasteiger partial charge on any atom is -0.493 e. The van der Waals surface area contributed by atoms with Crippen molar-refractivity contribution in [1.29, 1.82) is 0 Å². The van der Waals surface area contributed by atoms with Crippen molar-refractivity contribution in [3.05, 3.63) is 121 Å². The molecule has 0 bridgehead atoms. The van der Waals surface area contributed by atoms with Crippen LogP contribution in [0.1, 0.15) is 29.7 Å². The molecule has 5 rings (SSSR count). The summed E-state index contributed by atoms with van der Waals surface area (Å²) in [6, 6.07) is 12.7. The highest BCUT2D eigenvalue weighted by atomic mass is 127. The molecule has 0 radical (unpaired) electrons. The maximum absolute atomic E-state index is 14.4. The third-order valence-electron chi connectivity index (χ3n) is 6.72. The van der Waals surface area contributed by atoms with Crippen LogP contribution in [0.4, 0.5) is 13.2 Å². The number of nitrogens with zero attached hydrogens (tertiary/aromatic N) is 2. The van der Waals surface area contributed by atoms with E-state index >= 15 is 0 Å². The summed E-state index contributed by atoms with van der Waals surface area (Å²) in [7, 11) is 1.45. The van der Waals surface area contributed by atoms with Gasteiger partial charge in [0.25, 0.3) is 5.56 Å². The van der Waals surface area contributed by atoms with Crippen molar-refractivity contribution in [1.82, 2.24) is 4.57 Å². The Morgan fingerprint density at radius 3 is 2.41 bits per heavy atom. The van der Waals surface area contributed by atoms with Gasteiger partial charge in [0.2, 0.25) is 0 Å². The highest BCUT2D eigenvalue weighted by Crippen LogP contribution is 2.39. The van der Waals surface area contributed by atoms with E-state index in [1.54, 1.807) is 30.3 Å². The van der Waals surface area contributed by atoms with Crippen LogP contribution in [-0.2, 0) is 16.1 Å². The Balaban J connectivity index is 1.63. The van der Waals surface area contributed by atoms with Gasteiger partial charge in [-0.05, 0) is 83.1 Å². The van der Waals surface area contributed by atoms with E-state index in [4.69, 9.17) is 49.0 Å². The molecule has 15 heteroatoms. The second-order valence-electron chi connectivity index (χ2n) is 9.67. The Kier molecular flexibility index (Phi) is 10.4. The van der Waals surface area contributed by atoms with Crippen LogP contribution in [0.5, 0.6) is 11.5 Å². The first-order chi connectivity index (χ1) is 21.8. The van der Waals surface area contributed by atoms with Crippen LogP contribution in [0.15, 0.2) is 75.7 Å². The van der Waals surface area contributed by atoms with Crippen LogP contribution < -0.4 is 24.4 Å². The van der Waals surface area contributed by atoms with Crippen molar-refractivity contribution in [3.8, 4) is 11.5 Å². The molecule has 240 valence electrons. The molecule has 4 aromatic rings. The molecule has 0 N–H and O–H groups in total. The quantitative estimate of drug-likeness (QED) is 0.136. The summed E-state index contributed by atoms with van der Waals surface area (Å²) >= 11 is 21.1. The third kappa shape index (κ3) is 7.10. The van der Waals surface area contributed by atoms with Crippen LogP contribution >= 0.6 is 68.7 Å². The number of halogens is 7. The number of carbonyl (C=O) groups excluding carboxylic acids is 1. The van der Waals surface area contributed by atoms with E-state index in [1.807, 2.05) is 0 Å². The van der Waals surface area contributed by atoms with Gasteiger partial charge >= 0.3 is 12.1 Å². The molecule has 46 heavy (non-hydrogen) atoms. The van der Waals surface area contributed by atoms with Gasteiger partial charge in [0.15, 0.2) is 22.0 Å². The molecule has 0 saturated carbocycles. The number of ether oxygens (including phenoxy) is 3. The average Bonchev–Trinajstić information content (AvgIpc) is 3.30. The lowest BCUT2D eigenvalue weighted by Crippen LogP contribution is -2.41. The predicted octanol–water partition coefficient (Wildman–Crippen LogP) is 7.49. The van der Waals surface area contributed by atoms with E-state index < -0.39 is 35.0 Å². The van der Waals surface area contributed by atoms with E-state index in [9.17, 15) is 22.8 Å². The number of hydrogen-bond donors (Lipinski definition) is 0. The number of benzene rings is 3. The fraction of sp³-hybridized carbons (Fsp3) is 0.194. The predicted molar refractivity (Wildman–Crippen MR) is 179 cm³/mol. The minimum atomic E-state index is -5.02. The first-order valence-corrected chi connectivity index (χ1v) is 16.3. The van der Waals surface area contributed by atoms with Crippen molar-refractivity contribution in [2.45, 2.75) is 25.7 Å². The molecule has 1 aromatic heterocycles. The van der Waals surface area contributed by atoms with Crippen molar-refractivity contribution in [3.63, 3.8) is 0 Å². The summed E-state index contributed by atoms with van der Waals surface area (Å²) in [6.45, 7) is 1.41. The third-order valence-corrected chi connectivity index (χ3v) is 9.34. The number of aromatic nitrogens is 1. The first kappa shape index (κ1) is 34.3. The number of allylic oxidation sites excluding steroid dienone is 1. The Bertz CT molecular complexity index is 2050. The number of carbonyl (C=O) groups is 1. The largest absolute Gasteiger partial charge is 0.493 e. The zero-order chi connectivity index (χ0) is 33.3. The van der Waals surface area contributed by atoms with E-state index in [0.29, 0.717) is 41.3 Å². The van der Waals surface area contributed by atoms with Gasteiger partial charge in [-0.25, -0.2) is 9.79 Å². The molecule has 3 aromatic carbocycles. The summed E-state index contributed by atoms with van der Waals surface area (Å²) < 4.78 is 61.4. The second kappa shape index (κ2) is 14.0. The molecule has 1 atom stereocenters. The molecule has 2 heterocycles. The Labute approximate surface area is 292 Å². The van der Waals surface area contributed by atoms with Crippen LogP contribution in [-0.4, -0.2) is 30.4 Å². The zero-order valence-electron chi connectivity index (χ0n) is 23.8. The van der Waals surface area contributed by atoms with Gasteiger partial charge < -0.3 is 14.2 Å². The van der Waals surface area contributed by atoms with Gasteiger partial charge in [-0.1, -0.05) is 64.3 Å². The Hall–Kier alpha value is -3.04. The first-order valence-electron chi connectivity index (χ1n) is 13.3. The lowest BCUT2D eigenvalue weighted by atomic mass is 9.95. The fourth-order valence-corrected chi connectivity index (χ4v) is 7.08. The van der Waals surface area contributed by atoms with Gasteiger partial charge in [0.05, 0.1) is 33.4 Å². The Morgan fingerprint density at radius 2 is 1.78 bits per heavy atom. The standard InChI is InChI=1S/C31H21Cl3F3IN2O5S/c1-3-44-29(42)24-25(16-4-7-18(32)8-5-16)40-28(41)23(46-30(40)39-27(24)31(35,36)37)12-15-10-21(38)26(22(11-15)43-2)45-14-17-6-9-19(33)13-20(17)34/h4-13,25H,3,14H2,1-2H3/b23-12-/t25-/m1/s1. The molecule has 0 amide bonds. The van der Waals surface area contributed by atoms with E-state index in [0.717, 1.165) is 15.9 Å². The fourth-order valence-electron chi connectivity index (χ4n) is 4.70. The number of alkyl halides is 3. The summed E-state index contributed by atoms with van der Waals surface area (Å²) in [5, 5.41) is 1.24. The molecule has 0 fully saturated rings. The molecule has 1 aliphatic rings. The van der Waals surface area contributed by atoms with Crippen molar-refractivity contribution in [2.24, 2.45) is 4.99 Å². The highest BCUT2D eigenvalue weighted by molar-refractivity contribution is 14.1. The van der Waals surface area contributed by atoms with Crippen molar-refractivity contribution >= 4 is 80.8 Å². The van der Waals surface area contributed by atoms with Gasteiger partial charge in [-0.2, -0.15) is 13.2 Å². The van der Waals surface area contributed by atoms with Crippen LogP contribution in [0, 0.1) is 3.57 Å².